The predicted molar refractivity (Wildman–Crippen MR) is 222 cm³/mol. The van der Waals surface area contributed by atoms with Gasteiger partial charge in [0.2, 0.25) is 0 Å². The molecule has 4 aliphatic rings. The van der Waals surface area contributed by atoms with E-state index in [1.54, 1.807) is 52.0 Å². The number of hydrogen-bond acceptors (Lipinski definition) is 12. The van der Waals surface area contributed by atoms with E-state index >= 15 is 0 Å². The van der Waals surface area contributed by atoms with Crippen LogP contribution in [0, 0.1) is 0 Å². The minimum atomic E-state index is -0.408. The van der Waals surface area contributed by atoms with Gasteiger partial charge in [-0.15, -0.1) is 0 Å². The van der Waals surface area contributed by atoms with Gasteiger partial charge in [0.25, 0.3) is 0 Å². The van der Waals surface area contributed by atoms with Crippen molar-refractivity contribution in [2.75, 3.05) is 14.1 Å². The summed E-state index contributed by atoms with van der Waals surface area (Å²) in [6.45, 7) is 8.23. The molecule has 0 amide bonds. The van der Waals surface area contributed by atoms with Gasteiger partial charge in [0.15, 0.2) is 23.0 Å². The molecule has 63 heavy (non-hydrogen) atoms. The van der Waals surface area contributed by atoms with Crippen LogP contribution in [0.15, 0.2) is 36.4 Å². The molecule has 2 aromatic carbocycles. The lowest BCUT2D eigenvalue weighted by Gasteiger charge is -2.47. The normalized spacial score (nSPS) is 26.6. The van der Waals surface area contributed by atoms with Crippen molar-refractivity contribution < 1.29 is 100 Å². The van der Waals surface area contributed by atoms with Gasteiger partial charge in [-0.25, -0.2) is 0 Å². The highest BCUT2D eigenvalue weighted by molar-refractivity contribution is 5.77. The third kappa shape index (κ3) is 12.7. The van der Waals surface area contributed by atoms with Crippen LogP contribution in [0.25, 0.3) is 0 Å². The Morgan fingerprint density at radius 2 is 0.778 bits per heavy atom. The van der Waals surface area contributed by atoms with Gasteiger partial charge in [-0.1, -0.05) is 27.7 Å². The fraction of sp³-hybridized carbons (Fsp3) is 0.617. The van der Waals surface area contributed by atoms with Crippen LogP contribution in [0.2, 0.25) is 0 Å². The Hall–Kier alpha value is -3.86. The highest BCUT2D eigenvalue weighted by Crippen LogP contribution is 2.46. The summed E-state index contributed by atoms with van der Waals surface area (Å²) in [5, 5.41) is 0. The first-order chi connectivity index (χ1) is 29.2. The van der Waals surface area contributed by atoms with Gasteiger partial charge < -0.3 is 71.4 Å². The molecule has 4 bridgehead atoms. The van der Waals surface area contributed by atoms with Crippen molar-refractivity contribution in [3.8, 4) is 23.0 Å². The molecule has 0 spiro atoms. The molecule has 2 aromatic rings. The molecule has 0 aromatic heterocycles. The molecule has 4 fully saturated rings. The third-order valence-corrected chi connectivity index (χ3v) is 13.6. The number of carbonyl (C=O) groups is 6. The lowest BCUT2D eigenvalue weighted by atomic mass is 9.95. The SMILES string of the molecule is CCC(=O)Oc1ccc(C[N+]2(C)[C@@H]3CC[C@H]2CC(OC(=O)CCCC(=O)OC2C[C@H]4CC[C@@H](C2)[N+]4(C)Cc2ccc(OC(=O)CC)c(OC(=O)CC)c2)C3)cc1OC(=O)CC.[Br-].[Br-]. The number of quaternary nitrogens is 2. The molecule has 14 nitrogen and oxygen atoms in total. The zero-order valence-corrected chi connectivity index (χ0v) is 40.7. The Morgan fingerprint density at radius 3 is 1.08 bits per heavy atom. The molecule has 0 radical (unpaired) electrons. The Bertz CT molecular complexity index is 1810. The van der Waals surface area contributed by atoms with Gasteiger partial charge >= 0.3 is 35.8 Å². The van der Waals surface area contributed by atoms with Crippen molar-refractivity contribution >= 4 is 35.8 Å². The summed E-state index contributed by atoms with van der Waals surface area (Å²) in [7, 11) is 4.48. The number of rotatable bonds is 18. The lowest BCUT2D eigenvalue weighted by Crippen LogP contribution is -3.00. The largest absolute Gasteiger partial charge is 1.00 e. The maximum atomic E-state index is 13.0. The second-order valence-corrected chi connectivity index (χ2v) is 17.7. The van der Waals surface area contributed by atoms with Gasteiger partial charge in [0.05, 0.1) is 38.3 Å². The summed E-state index contributed by atoms with van der Waals surface area (Å²) >= 11 is 0. The summed E-state index contributed by atoms with van der Waals surface area (Å²) in [5.74, 6) is -1.27. The fourth-order valence-electron chi connectivity index (χ4n) is 10.2. The van der Waals surface area contributed by atoms with Crippen LogP contribution in [0.5, 0.6) is 23.0 Å². The topological polar surface area (TPSA) is 158 Å². The van der Waals surface area contributed by atoms with E-state index in [4.69, 9.17) is 28.4 Å². The number of esters is 6. The summed E-state index contributed by atoms with van der Waals surface area (Å²) in [5.41, 5.74) is 1.94. The molecule has 0 saturated carbocycles. The third-order valence-electron chi connectivity index (χ3n) is 13.6. The fourth-order valence-corrected chi connectivity index (χ4v) is 10.2. The van der Waals surface area contributed by atoms with Gasteiger partial charge in [-0.05, 0) is 42.8 Å². The van der Waals surface area contributed by atoms with E-state index in [9.17, 15) is 28.8 Å². The monoisotopic (exact) mass is 1010 g/mol. The van der Waals surface area contributed by atoms with Gasteiger partial charge in [0, 0.05) is 101 Å². The average Bonchev–Trinajstić information content (AvgIpc) is 3.45. The second-order valence-electron chi connectivity index (χ2n) is 17.7. The zero-order valence-electron chi connectivity index (χ0n) is 37.5. The average molecular weight is 1010 g/mol. The highest BCUT2D eigenvalue weighted by atomic mass is 79.9. The molecule has 4 saturated heterocycles. The molecule has 4 unspecified atom stereocenters. The number of fused-ring (bicyclic) bond motifs is 4. The van der Waals surface area contributed by atoms with E-state index in [-0.39, 0.29) is 144 Å². The Labute approximate surface area is 392 Å². The van der Waals surface area contributed by atoms with Crippen LogP contribution in [0.1, 0.15) is 135 Å². The summed E-state index contributed by atoms with van der Waals surface area (Å²) in [6, 6.07) is 12.0. The number of benzene rings is 2. The number of carbonyl (C=O) groups excluding carboxylic acids is 6. The van der Waals surface area contributed by atoms with Gasteiger partial charge in [-0.3, -0.25) is 28.8 Å². The summed E-state index contributed by atoms with van der Waals surface area (Å²) in [6.07, 6.45) is 8.18. The first-order valence-electron chi connectivity index (χ1n) is 22.3. The van der Waals surface area contributed by atoms with E-state index < -0.39 is 23.9 Å². The number of hydrogen-bond donors (Lipinski definition) is 0. The summed E-state index contributed by atoms with van der Waals surface area (Å²) < 4.78 is 35.5. The van der Waals surface area contributed by atoms with Crippen molar-refractivity contribution in [3.63, 3.8) is 0 Å². The van der Waals surface area contributed by atoms with Crippen molar-refractivity contribution in [1.29, 1.82) is 0 Å². The maximum Gasteiger partial charge on any atom is 0.311 e. The van der Waals surface area contributed by atoms with Crippen LogP contribution >= 0.6 is 0 Å². The highest BCUT2D eigenvalue weighted by Gasteiger charge is 2.53. The van der Waals surface area contributed by atoms with E-state index in [0.717, 1.165) is 71.5 Å². The number of piperidine rings is 2. The second kappa shape index (κ2) is 22.9. The van der Waals surface area contributed by atoms with Gasteiger partial charge in [0.1, 0.15) is 25.3 Å². The van der Waals surface area contributed by atoms with Crippen molar-refractivity contribution in [3.05, 3.63) is 47.5 Å². The summed E-state index contributed by atoms with van der Waals surface area (Å²) in [4.78, 5) is 74.4. The Morgan fingerprint density at radius 1 is 0.476 bits per heavy atom. The molecule has 0 aliphatic carbocycles. The Kier molecular flexibility index (Phi) is 18.8. The smallest absolute Gasteiger partial charge is 0.311 e. The molecule has 0 N–H and O–H groups in total. The zero-order chi connectivity index (χ0) is 43.9. The van der Waals surface area contributed by atoms with E-state index in [1.807, 2.05) is 12.1 Å². The molecule has 348 valence electrons. The molecule has 16 heteroatoms. The van der Waals surface area contributed by atoms with E-state index in [0.29, 0.717) is 19.5 Å². The van der Waals surface area contributed by atoms with Crippen molar-refractivity contribution in [2.24, 2.45) is 0 Å². The molecular formula is C47H64Br2N2O12. The van der Waals surface area contributed by atoms with Crippen molar-refractivity contribution in [2.45, 2.75) is 173 Å². The molecule has 4 aliphatic heterocycles. The number of ether oxygens (including phenoxy) is 6. The quantitative estimate of drug-likeness (QED) is 0.120. The van der Waals surface area contributed by atoms with Crippen molar-refractivity contribution in [1.82, 2.24) is 0 Å². The Balaban J connectivity index is 0.00000436. The number of halogens is 2. The molecule has 8 atom stereocenters. The van der Waals surface area contributed by atoms with Crippen LogP contribution in [-0.2, 0) is 51.3 Å². The molecular weight excluding hydrogens is 944 g/mol. The molecule has 6 rings (SSSR count). The van der Waals surface area contributed by atoms with Crippen LogP contribution < -0.4 is 52.9 Å². The number of nitrogens with zero attached hydrogens (tertiary/aromatic N) is 2. The first-order valence-corrected chi connectivity index (χ1v) is 22.3. The standard InChI is InChI=1S/C47H64N2O12.2BrH/c1-7-42(50)58-38-20-14-30(22-40(38)60-44(52)9-3)28-48(5)32-16-17-33(48)25-36(24-32)56-46(54)12-11-13-47(55)57-37-26-34-18-19-35(27-37)49(34,6)29-31-15-21-39(59-43(51)8-2)41(23-31)61-45(53)10-4;;/h14-15,20-23,32-37H,7-13,16-19,24-29H2,1-6H3;2*1H/q+2;;/p-2/t32-,33+,34-,35+,36?,37?,48?,49?;;. The van der Waals surface area contributed by atoms with Gasteiger partial charge in [-0.2, -0.15) is 0 Å². The van der Waals surface area contributed by atoms with E-state index in [2.05, 4.69) is 14.1 Å². The van der Waals surface area contributed by atoms with Crippen LogP contribution in [0.4, 0.5) is 0 Å². The lowest BCUT2D eigenvalue weighted by molar-refractivity contribution is -0.961. The minimum absolute atomic E-state index is 0. The first kappa shape index (κ1) is 51.8. The van der Waals surface area contributed by atoms with Crippen LogP contribution in [-0.4, -0.2) is 95.3 Å². The maximum absolute atomic E-state index is 13.0. The van der Waals surface area contributed by atoms with E-state index in [1.165, 1.54) is 0 Å². The molecule has 4 heterocycles. The van der Waals surface area contributed by atoms with Crippen LogP contribution in [0.3, 0.4) is 0 Å². The predicted octanol–water partition coefficient (Wildman–Crippen LogP) is 1.19. The minimum Gasteiger partial charge on any atom is -1.00 e.